The van der Waals surface area contributed by atoms with Crippen molar-refractivity contribution >= 4 is 15.7 Å². The summed E-state index contributed by atoms with van der Waals surface area (Å²) in [4.78, 5) is 0.300. The molecule has 0 aliphatic heterocycles. The topological polar surface area (TPSA) is 46.2 Å². The first kappa shape index (κ1) is 18.5. The molecule has 24 heavy (non-hydrogen) atoms. The second-order valence-electron chi connectivity index (χ2n) is 6.74. The zero-order chi connectivity index (χ0) is 17.7. The molecule has 1 atom stereocenters. The molecule has 0 heterocycles. The Labute approximate surface area is 146 Å². The summed E-state index contributed by atoms with van der Waals surface area (Å²) < 4.78 is 28.1. The molecule has 0 saturated heterocycles. The number of anilines is 1. The number of hydrogen-bond donors (Lipinski definition) is 1. The number of nitrogens with one attached hydrogen (secondary N) is 1. The predicted octanol–water partition coefficient (Wildman–Crippen LogP) is 5.20. The highest BCUT2D eigenvalue weighted by atomic mass is 32.2. The van der Waals surface area contributed by atoms with E-state index in [9.17, 15) is 8.42 Å². The monoisotopic (exact) mass is 345 g/mol. The van der Waals surface area contributed by atoms with Crippen LogP contribution in [-0.2, 0) is 16.4 Å². The third-order valence-corrected chi connectivity index (χ3v) is 5.61. The first-order chi connectivity index (χ1) is 11.3. The summed E-state index contributed by atoms with van der Waals surface area (Å²) in [5, 5.41) is 0. The first-order valence-electron chi connectivity index (χ1n) is 8.54. The Morgan fingerprint density at radius 1 is 0.958 bits per heavy atom. The minimum absolute atomic E-state index is 0.300. The zero-order valence-electron chi connectivity index (χ0n) is 14.9. The molecule has 0 saturated carbocycles. The van der Waals surface area contributed by atoms with Gasteiger partial charge in [-0.3, -0.25) is 4.72 Å². The van der Waals surface area contributed by atoms with Gasteiger partial charge in [0.05, 0.1) is 10.6 Å². The van der Waals surface area contributed by atoms with Gasteiger partial charge in [-0.15, -0.1) is 0 Å². The second kappa shape index (κ2) is 7.84. The second-order valence-corrected chi connectivity index (χ2v) is 8.43. The van der Waals surface area contributed by atoms with Crippen molar-refractivity contribution in [1.29, 1.82) is 0 Å². The van der Waals surface area contributed by atoms with Crippen LogP contribution in [-0.4, -0.2) is 8.42 Å². The molecule has 0 aliphatic carbocycles. The number of para-hydroxylation sites is 1. The zero-order valence-corrected chi connectivity index (χ0v) is 15.7. The highest BCUT2D eigenvalue weighted by Crippen LogP contribution is 2.28. The molecule has 2 aromatic rings. The Balaban J connectivity index is 2.26. The van der Waals surface area contributed by atoms with Gasteiger partial charge in [0.25, 0.3) is 10.0 Å². The summed E-state index contributed by atoms with van der Waals surface area (Å²) in [7, 11) is -3.57. The summed E-state index contributed by atoms with van der Waals surface area (Å²) in [5.74, 6) is 0.852. The molecule has 0 amide bonds. The lowest BCUT2D eigenvalue weighted by molar-refractivity contribution is 0.601. The van der Waals surface area contributed by atoms with E-state index in [1.165, 1.54) is 0 Å². The first-order valence-corrected chi connectivity index (χ1v) is 10.0. The summed E-state index contributed by atoms with van der Waals surface area (Å²) >= 11 is 0. The number of hydrogen-bond acceptors (Lipinski definition) is 2. The lowest BCUT2D eigenvalue weighted by Gasteiger charge is -2.16. The van der Waals surface area contributed by atoms with Crippen molar-refractivity contribution in [2.24, 2.45) is 5.92 Å². The molecule has 130 valence electrons. The third kappa shape index (κ3) is 4.60. The van der Waals surface area contributed by atoms with Crippen molar-refractivity contribution in [2.45, 2.75) is 51.3 Å². The van der Waals surface area contributed by atoms with Gasteiger partial charge in [0.1, 0.15) is 0 Å². The minimum Gasteiger partial charge on any atom is -0.279 e. The van der Waals surface area contributed by atoms with Gasteiger partial charge in [-0.05, 0) is 54.0 Å². The molecule has 0 aromatic heterocycles. The molecule has 2 aromatic carbocycles. The van der Waals surface area contributed by atoms with E-state index in [0.29, 0.717) is 22.4 Å². The molecule has 0 aliphatic rings. The lowest BCUT2D eigenvalue weighted by Crippen LogP contribution is -2.15. The van der Waals surface area contributed by atoms with Crippen LogP contribution in [0.1, 0.15) is 51.2 Å². The maximum absolute atomic E-state index is 12.7. The van der Waals surface area contributed by atoms with Crippen LogP contribution in [0.25, 0.3) is 0 Å². The van der Waals surface area contributed by atoms with Crippen LogP contribution in [0, 0.1) is 5.92 Å². The van der Waals surface area contributed by atoms with Gasteiger partial charge in [0.15, 0.2) is 0 Å². The molecule has 4 heteroatoms. The van der Waals surface area contributed by atoms with Gasteiger partial charge < -0.3 is 0 Å². The molecule has 1 N–H and O–H groups in total. The lowest BCUT2D eigenvalue weighted by atomic mass is 9.97. The van der Waals surface area contributed by atoms with E-state index < -0.39 is 10.0 Å². The third-order valence-electron chi connectivity index (χ3n) is 4.23. The highest BCUT2D eigenvalue weighted by Gasteiger charge is 2.17. The quantitative estimate of drug-likeness (QED) is 0.749. The fourth-order valence-corrected chi connectivity index (χ4v) is 3.81. The molecule has 0 radical (unpaired) electrons. The van der Waals surface area contributed by atoms with Gasteiger partial charge >= 0.3 is 0 Å². The van der Waals surface area contributed by atoms with E-state index in [2.05, 4.69) is 32.4 Å². The molecular formula is C20H27NO2S. The molecule has 2 rings (SSSR count). The molecule has 0 unspecified atom stereocenters. The van der Waals surface area contributed by atoms with Crippen molar-refractivity contribution in [2.75, 3.05) is 4.72 Å². The van der Waals surface area contributed by atoms with Gasteiger partial charge in [-0.1, -0.05) is 58.0 Å². The fraction of sp³-hybridized carbons (Fsp3) is 0.400. The SMILES string of the molecule is CC[C@@H](C)c1ccccc1NS(=O)(=O)c1ccc(CC(C)C)cc1. The molecule has 0 bridgehead atoms. The number of sulfonamides is 1. The summed E-state index contributed by atoms with van der Waals surface area (Å²) in [6.07, 6.45) is 1.91. The fourth-order valence-electron chi connectivity index (χ4n) is 2.72. The van der Waals surface area contributed by atoms with Crippen LogP contribution >= 0.6 is 0 Å². The maximum Gasteiger partial charge on any atom is 0.261 e. The van der Waals surface area contributed by atoms with E-state index in [4.69, 9.17) is 0 Å². The van der Waals surface area contributed by atoms with E-state index in [0.717, 1.165) is 24.0 Å². The molecular weight excluding hydrogens is 318 g/mol. The standard InChI is InChI=1S/C20H27NO2S/c1-5-16(4)19-8-6-7-9-20(19)21-24(22,23)18-12-10-17(11-13-18)14-15(2)3/h6-13,15-16,21H,5,14H2,1-4H3/t16-/m1/s1. The predicted molar refractivity (Wildman–Crippen MR) is 101 cm³/mol. The van der Waals surface area contributed by atoms with Crippen molar-refractivity contribution in [3.05, 3.63) is 59.7 Å². The van der Waals surface area contributed by atoms with Gasteiger partial charge in [0, 0.05) is 0 Å². The maximum atomic E-state index is 12.7. The number of benzene rings is 2. The number of rotatable bonds is 7. The molecule has 0 spiro atoms. The Kier molecular flexibility index (Phi) is 6.05. The largest absolute Gasteiger partial charge is 0.279 e. The summed E-state index contributed by atoms with van der Waals surface area (Å²) in [5.41, 5.74) is 2.85. The average molecular weight is 346 g/mol. The Hall–Kier alpha value is -1.81. The van der Waals surface area contributed by atoms with Crippen LogP contribution in [0.5, 0.6) is 0 Å². The average Bonchev–Trinajstić information content (AvgIpc) is 2.54. The van der Waals surface area contributed by atoms with Crippen LogP contribution in [0.4, 0.5) is 5.69 Å². The normalized spacial score (nSPS) is 13.0. The molecule has 0 fully saturated rings. The van der Waals surface area contributed by atoms with Crippen molar-refractivity contribution in [3.8, 4) is 0 Å². The Bertz CT molecular complexity index is 764. The van der Waals surface area contributed by atoms with Crippen molar-refractivity contribution < 1.29 is 8.42 Å². The van der Waals surface area contributed by atoms with Crippen LogP contribution in [0.15, 0.2) is 53.4 Å². The van der Waals surface area contributed by atoms with E-state index in [1.54, 1.807) is 12.1 Å². The molecule has 3 nitrogen and oxygen atoms in total. The summed E-state index contributed by atoms with van der Waals surface area (Å²) in [6, 6.07) is 14.8. The van der Waals surface area contributed by atoms with E-state index in [1.807, 2.05) is 36.4 Å². The van der Waals surface area contributed by atoms with Gasteiger partial charge in [0.2, 0.25) is 0 Å². The van der Waals surface area contributed by atoms with Crippen molar-refractivity contribution in [3.63, 3.8) is 0 Å². The van der Waals surface area contributed by atoms with E-state index >= 15 is 0 Å². The smallest absolute Gasteiger partial charge is 0.261 e. The van der Waals surface area contributed by atoms with Gasteiger partial charge in [-0.25, -0.2) is 8.42 Å². The highest BCUT2D eigenvalue weighted by molar-refractivity contribution is 7.92. The van der Waals surface area contributed by atoms with Crippen LogP contribution < -0.4 is 4.72 Å². The Morgan fingerprint density at radius 2 is 1.58 bits per heavy atom. The van der Waals surface area contributed by atoms with E-state index in [-0.39, 0.29) is 0 Å². The Morgan fingerprint density at radius 3 is 2.17 bits per heavy atom. The minimum atomic E-state index is -3.57. The van der Waals surface area contributed by atoms with Crippen LogP contribution in [0.2, 0.25) is 0 Å². The summed E-state index contributed by atoms with van der Waals surface area (Å²) in [6.45, 7) is 8.51. The van der Waals surface area contributed by atoms with Crippen LogP contribution in [0.3, 0.4) is 0 Å². The van der Waals surface area contributed by atoms with Crippen molar-refractivity contribution in [1.82, 2.24) is 0 Å². The van der Waals surface area contributed by atoms with Gasteiger partial charge in [-0.2, -0.15) is 0 Å².